The Kier molecular flexibility index (Phi) is 4.43. The largest absolute Gasteiger partial charge is 0.460 e. The first-order valence-corrected chi connectivity index (χ1v) is 7.05. The van der Waals surface area contributed by atoms with Crippen LogP contribution in [0.25, 0.3) is 0 Å². The zero-order chi connectivity index (χ0) is 14.8. The number of carbonyl (C=O) groups is 1. The van der Waals surface area contributed by atoms with Gasteiger partial charge in [0.05, 0.1) is 5.41 Å². The molecule has 0 spiro atoms. The second kappa shape index (κ2) is 5.92. The Labute approximate surface area is 119 Å². The van der Waals surface area contributed by atoms with Crippen molar-refractivity contribution in [1.29, 1.82) is 0 Å². The smallest absolute Gasteiger partial charge is 0.311 e. The van der Waals surface area contributed by atoms with Gasteiger partial charge in [-0.2, -0.15) is 0 Å². The number of ether oxygens (including phenoxy) is 1. The molecule has 2 unspecified atom stereocenters. The first-order valence-electron chi connectivity index (χ1n) is 7.05. The number of esters is 1. The summed E-state index contributed by atoms with van der Waals surface area (Å²) in [5, 5.41) is 3.24. The number of nitrogens with one attached hydrogen (secondary N) is 1. The van der Waals surface area contributed by atoms with Gasteiger partial charge in [-0.05, 0) is 51.4 Å². The number of rotatable bonds is 2. The number of hydrogen-bond acceptors (Lipinski definition) is 3. The minimum Gasteiger partial charge on any atom is -0.460 e. The van der Waals surface area contributed by atoms with E-state index in [4.69, 9.17) is 4.74 Å². The number of halogens is 1. The molecule has 110 valence electrons. The molecule has 0 amide bonds. The van der Waals surface area contributed by atoms with Crippen molar-refractivity contribution in [2.45, 2.75) is 39.2 Å². The third kappa shape index (κ3) is 3.57. The molecule has 0 aliphatic carbocycles. The molecule has 2 atom stereocenters. The van der Waals surface area contributed by atoms with Crippen molar-refractivity contribution in [3.63, 3.8) is 0 Å². The molecule has 0 radical (unpaired) electrons. The van der Waals surface area contributed by atoms with Crippen molar-refractivity contribution in [3.8, 4) is 0 Å². The van der Waals surface area contributed by atoms with E-state index in [0.29, 0.717) is 6.54 Å². The molecule has 1 aliphatic heterocycles. The van der Waals surface area contributed by atoms with Gasteiger partial charge >= 0.3 is 5.97 Å². The van der Waals surface area contributed by atoms with Crippen molar-refractivity contribution in [3.05, 3.63) is 35.6 Å². The van der Waals surface area contributed by atoms with Gasteiger partial charge in [0.2, 0.25) is 0 Å². The predicted octanol–water partition coefficient (Wildman–Crippen LogP) is 2.86. The van der Waals surface area contributed by atoms with E-state index in [1.165, 1.54) is 12.1 Å². The molecule has 1 fully saturated rings. The average Bonchev–Trinajstić information content (AvgIpc) is 2.38. The van der Waals surface area contributed by atoms with Crippen LogP contribution in [0.5, 0.6) is 0 Å². The van der Waals surface area contributed by atoms with Crippen LogP contribution in [0.1, 0.15) is 38.7 Å². The Balaban J connectivity index is 2.15. The molecule has 1 aliphatic rings. The summed E-state index contributed by atoms with van der Waals surface area (Å²) < 4.78 is 19.0. The molecule has 3 nitrogen and oxygen atoms in total. The van der Waals surface area contributed by atoms with Gasteiger partial charge < -0.3 is 10.1 Å². The standard InChI is InChI=1S/C16H22FNO2/c1-16(2,3)15(19)20-14-10-18-8-7-13(14)11-5-4-6-12(17)9-11/h4-6,9,13-14,18H,7-8,10H2,1-3H3. The maximum absolute atomic E-state index is 13.4. The summed E-state index contributed by atoms with van der Waals surface area (Å²) in [5.41, 5.74) is 0.377. The van der Waals surface area contributed by atoms with Crippen molar-refractivity contribution in [1.82, 2.24) is 5.32 Å². The second-order valence-corrected chi connectivity index (χ2v) is 6.35. The van der Waals surface area contributed by atoms with Gasteiger partial charge in [0.1, 0.15) is 11.9 Å². The Morgan fingerprint density at radius 2 is 2.15 bits per heavy atom. The lowest BCUT2D eigenvalue weighted by Gasteiger charge is -2.33. The molecule has 1 aromatic carbocycles. The predicted molar refractivity (Wildman–Crippen MR) is 76.0 cm³/mol. The van der Waals surface area contributed by atoms with Gasteiger partial charge in [-0.25, -0.2) is 4.39 Å². The van der Waals surface area contributed by atoms with Gasteiger partial charge in [0, 0.05) is 12.5 Å². The van der Waals surface area contributed by atoms with E-state index >= 15 is 0 Å². The highest BCUT2D eigenvalue weighted by molar-refractivity contribution is 5.75. The zero-order valence-corrected chi connectivity index (χ0v) is 12.3. The minimum atomic E-state index is -0.524. The van der Waals surface area contributed by atoms with Gasteiger partial charge in [-0.15, -0.1) is 0 Å². The summed E-state index contributed by atoms with van der Waals surface area (Å²) in [7, 11) is 0. The van der Waals surface area contributed by atoms with E-state index < -0.39 is 5.41 Å². The van der Waals surface area contributed by atoms with Crippen molar-refractivity contribution < 1.29 is 13.9 Å². The molecular weight excluding hydrogens is 257 g/mol. The van der Waals surface area contributed by atoms with Crippen LogP contribution in [-0.4, -0.2) is 25.2 Å². The summed E-state index contributed by atoms with van der Waals surface area (Å²) in [6.07, 6.45) is 0.600. The number of benzene rings is 1. The van der Waals surface area contributed by atoms with E-state index in [1.807, 2.05) is 26.8 Å². The highest BCUT2D eigenvalue weighted by Gasteiger charge is 2.33. The molecular formula is C16H22FNO2. The average molecular weight is 279 g/mol. The zero-order valence-electron chi connectivity index (χ0n) is 12.3. The lowest BCUT2D eigenvalue weighted by atomic mass is 9.87. The van der Waals surface area contributed by atoms with Crippen LogP contribution in [0.3, 0.4) is 0 Å². The van der Waals surface area contributed by atoms with Crippen molar-refractivity contribution in [2.75, 3.05) is 13.1 Å². The fraction of sp³-hybridized carbons (Fsp3) is 0.562. The van der Waals surface area contributed by atoms with Crippen LogP contribution in [-0.2, 0) is 9.53 Å². The fourth-order valence-electron chi connectivity index (χ4n) is 2.39. The Morgan fingerprint density at radius 1 is 1.40 bits per heavy atom. The van der Waals surface area contributed by atoms with Crippen LogP contribution in [0.4, 0.5) is 4.39 Å². The van der Waals surface area contributed by atoms with Gasteiger partial charge in [0.15, 0.2) is 0 Å². The lowest BCUT2D eigenvalue weighted by Crippen LogP contribution is -2.43. The molecule has 1 N–H and O–H groups in total. The third-order valence-electron chi connectivity index (χ3n) is 3.57. The second-order valence-electron chi connectivity index (χ2n) is 6.35. The maximum Gasteiger partial charge on any atom is 0.311 e. The highest BCUT2D eigenvalue weighted by Crippen LogP contribution is 2.30. The maximum atomic E-state index is 13.4. The normalized spacial score (nSPS) is 23.4. The minimum absolute atomic E-state index is 0.0539. The highest BCUT2D eigenvalue weighted by atomic mass is 19.1. The van der Waals surface area contributed by atoms with E-state index in [-0.39, 0.29) is 23.8 Å². The summed E-state index contributed by atoms with van der Waals surface area (Å²) in [4.78, 5) is 12.1. The Morgan fingerprint density at radius 3 is 2.80 bits per heavy atom. The van der Waals surface area contributed by atoms with E-state index in [0.717, 1.165) is 18.5 Å². The number of hydrogen-bond donors (Lipinski definition) is 1. The van der Waals surface area contributed by atoms with Crippen LogP contribution in [0.15, 0.2) is 24.3 Å². The molecule has 1 saturated heterocycles. The van der Waals surface area contributed by atoms with E-state index in [2.05, 4.69) is 5.32 Å². The number of carbonyl (C=O) groups excluding carboxylic acids is 1. The van der Waals surface area contributed by atoms with Crippen LogP contribution in [0.2, 0.25) is 0 Å². The molecule has 0 bridgehead atoms. The van der Waals surface area contributed by atoms with Crippen LogP contribution >= 0.6 is 0 Å². The summed E-state index contributed by atoms with van der Waals surface area (Å²) in [5.74, 6) is -0.409. The molecule has 1 aromatic rings. The van der Waals surface area contributed by atoms with Gasteiger partial charge in [-0.1, -0.05) is 12.1 Å². The molecule has 2 rings (SSSR count). The lowest BCUT2D eigenvalue weighted by molar-refractivity contribution is -0.160. The molecule has 0 saturated carbocycles. The third-order valence-corrected chi connectivity index (χ3v) is 3.57. The van der Waals surface area contributed by atoms with Crippen LogP contribution in [0, 0.1) is 11.2 Å². The quantitative estimate of drug-likeness (QED) is 0.846. The molecule has 20 heavy (non-hydrogen) atoms. The van der Waals surface area contributed by atoms with Crippen molar-refractivity contribution in [2.24, 2.45) is 5.41 Å². The number of piperidine rings is 1. The first kappa shape index (κ1) is 15.0. The van der Waals surface area contributed by atoms with E-state index in [1.54, 1.807) is 6.07 Å². The summed E-state index contributed by atoms with van der Waals surface area (Å²) in [6, 6.07) is 6.57. The Hall–Kier alpha value is -1.42. The fourth-order valence-corrected chi connectivity index (χ4v) is 2.39. The summed E-state index contributed by atoms with van der Waals surface area (Å²) >= 11 is 0. The summed E-state index contributed by atoms with van der Waals surface area (Å²) in [6.45, 7) is 6.97. The molecule has 1 heterocycles. The molecule has 0 aromatic heterocycles. The first-order chi connectivity index (χ1) is 9.38. The monoisotopic (exact) mass is 279 g/mol. The van der Waals surface area contributed by atoms with Gasteiger partial charge in [-0.3, -0.25) is 4.79 Å². The van der Waals surface area contributed by atoms with E-state index in [9.17, 15) is 9.18 Å². The SMILES string of the molecule is CC(C)(C)C(=O)OC1CNCCC1c1cccc(F)c1. The topological polar surface area (TPSA) is 38.3 Å². The Bertz CT molecular complexity index is 482. The molecule has 4 heteroatoms. The van der Waals surface area contributed by atoms with Crippen LogP contribution < -0.4 is 5.32 Å². The van der Waals surface area contributed by atoms with Crippen molar-refractivity contribution >= 4 is 5.97 Å². The van der Waals surface area contributed by atoms with Gasteiger partial charge in [0.25, 0.3) is 0 Å².